The number of aromatic amines is 2. The molecular weight excluding hydrogens is 364 g/mol. The predicted octanol–water partition coefficient (Wildman–Crippen LogP) is 2.66. The number of thiophene rings is 1. The minimum Gasteiger partial charge on any atom is -0.506 e. The largest absolute Gasteiger partial charge is 0.506 e. The van der Waals surface area contributed by atoms with Crippen LogP contribution in [0.15, 0.2) is 48.0 Å². The van der Waals surface area contributed by atoms with E-state index in [0.29, 0.717) is 28.8 Å². The summed E-state index contributed by atoms with van der Waals surface area (Å²) >= 11 is 1.52. The van der Waals surface area contributed by atoms with Crippen LogP contribution in [0.5, 0.6) is 5.75 Å². The molecule has 0 fully saturated rings. The Kier molecular flexibility index (Phi) is 4.66. The second-order valence-corrected chi connectivity index (χ2v) is 7.12. The topological polar surface area (TPSA) is 114 Å². The summed E-state index contributed by atoms with van der Waals surface area (Å²) in [4.78, 5) is 24.4. The molecule has 5 N–H and O–H groups in total. The molecule has 8 heteroatoms. The summed E-state index contributed by atoms with van der Waals surface area (Å²) in [5, 5.41) is 24.5. The lowest BCUT2D eigenvalue weighted by Gasteiger charge is -2.16. The molecule has 7 nitrogen and oxygen atoms in total. The van der Waals surface area contributed by atoms with Gasteiger partial charge in [-0.1, -0.05) is 6.07 Å². The molecule has 0 saturated heterocycles. The van der Waals surface area contributed by atoms with E-state index in [1.54, 1.807) is 6.20 Å². The predicted molar refractivity (Wildman–Crippen MR) is 104 cm³/mol. The smallest absolute Gasteiger partial charge is 0.253 e. The number of nitrogens with zero attached hydrogens (tertiary/aromatic N) is 1. The van der Waals surface area contributed by atoms with Gasteiger partial charge in [-0.2, -0.15) is 0 Å². The molecule has 3 aromatic heterocycles. The SMILES string of the molecule is O=C(NC(CO)Cc1ccc[nH]1)c1ccc(O)c2[nH]c(-c3cccs3)nc12. The van der Waals surface area contributed by atoms with Crippen LogP contribution in [0.3, 0.4) is 0 Å². The molecule has 1 aromatic carbocycles. The van der Waals surface area contributed by atoms with Gasteiger partial charge in [-0.15, -0.1) is 11.3 Å². The Hall–Kier alpha value is -3.10. The lowest BCUT2D eigenvalue weighted by Crippen LogP contribution is -2.39. The van der Waals surface area contributed by atoms with Crippen molar-refractivity contribution in [2.75, 3.05) is 6.61 Å². The molecule has 0 aliphatic heterocycles. The van der Waals surface area contributed by atoms with E-state index in [2.05, 4.69) is 20.3 Å². The highest BCUT2D eigenvalue weighted by Crippen LogP contribution is 2.30. The monoisotopic (exact) mass is 382 g/mol. The first-order valence-electron chi connectivity index (χ1n) is 8.45. The summed E-state index contributed by atoms with van der Waals surface area (Å²) in [5.41, 5.74) is 2.07. The van der Waals surface area contributed by atoms with Gasteiger partial charge in [-0.25, -0.2) is 4.98 Å². The van der Waals surface area contributed by atoms with E-state index in [1.807, 2.05) is 29.6 Å². The molecule has 4 aromatic rings. The highest BCUT2D eigenvalue weighted by Gasteiger charge is 2.20. The normalized spacial score (nSPS) is 12.3. The number of carbonyl (C=O) groups excluding carboxylic acids is 1. The number of aromatic nitrogens is 3. The van der Waals surface area contributed by atoms with E-state index >= 15 is 0 Å². The number of aliphatic hydroxyl groups excluding tert-OH is 1. The summed E-state index contributed by atoms with van der Waals surface area (Å²) in [7, 11) is 0. The Balaban J connectivity index is 1.64. The number of amides is 1. The average molecular weight is 382 g/mol. The third-order valence-corrected chi connectivity index (χ3v) is 5.18. The van der Waals surface area contributed by atoms with Crippen molar-refractivity contribution in [1.82, 2.24) is 20.3 Å². The van der Waals surface area contributed by atoms with Crippen LogP contribution in [0, 0.1) is 0 Å². The van der Waals surface area contributed by atoms with Gasteiger partial charge in [-0.05, 0) is 35.7 Å². The maximum atomic E-state index is 12.8. The Morgan fingerprint density at radius 3 is 2.85 bits per heavy atom. The van der Waals surface area contributed by atoms with E-state index in [9.17, 15) is 15.0 Å². The molecule has 1 unspecified atom stereocenters. The number of fused-ring (bicyclic) bond motifs is 1. The fraction of sp³-hybridized carbons (Fsp3) is 0.158. The molecule has 1 atom stereocenters. The zero-order chi connectivity index (χ0) is 18.8. The van der Waals surface area contributed by atoms with Gasteiger partial charge in [0.05, 0.1) is 23.1 Å². The van der Waals surface area contributed by atoms with Crippen molar-refractivity contribution < 1.29 is 15.0 Å². The highest BCUT2D eigenvalue weighted by atomic mass is 32.1. The number of imidazole rings is 1. The number of rotatable bonds is 6. The van der Waals surface area contributed by atoms with Crippen LogP contribution in [0.2, 0.25) is 0 Å². The van der Waals surface area contributed by atoms with Gasteiger partial charge in [-0.3, -0.25) is 4.79 Å². The van der Waals surface area contributed by atoms with Crippen molar-refractivity contribution >= 4 is 28.3 Å². The molecule has 0 aliphatic rings. The van der Waals surface area contributed by atoms with E-state index < -0.39 is 6.04 Å². The maximum Gasteiger partial charge on any atom is 0.253 e. The second-order valence-electron chi connectivity index (χ2n) is 6.17. The third-order valence-electron chi connectivity index (χ3n) is 4.31. The quantitative estimate of drug-likeness (QED) is 0.353. The number of H-pyrrole nitrogens is 2. The van der Waals surface area contributed by atoms with Gasteiger partial charge >= 0.3 is 0 Å². The maximum absolute atomic E-state index is 12.8. The number of hydrogen-bond acceptors (Lipinski definition) is 5. The molecule has 3 heterocycles. The molecule has 0 saturated carbocycles. The first-order chi connectivity index (χ1) is 13.2. The third kappa shape index (κ3) is 3.44. The summed E-state index contributed by atoms with van der Waals surface area (Å²) in [6.07, 6.45) is 2.28. The zero-order valence-corrected chi connectivity index (χ0v) is 15.1. The Labute approximate surface area is 158 Å². The molecule has 0 radical (unpaired) electrons. The van der Waals surface area contributed by atoms with Crippen molar-refractivity contribution in [2.45, 2.75) is 12.5 Å². The number of hydrogen-bond donors (Lipinski definition) is 5. The molecule has 0 bridgehead atoms. The highest BCUT2D eigenvalue weighted by molar-refractivity contribution is 7.13. The number of aliphatic hydroxyl groups is 1. The van der Waals surface area contributed by atoms with E-state index in [-0.39, 0.29) is 18.3 Å². The first kappa shape index (κ1) is 17.3. The Bertz CT molecular complexity index is 1050. The number of carbonyl (C=O) groups is 1. The van der Waals surface area contributed by atoms with Crippen LogP contribution in [0.1, 0.15) is 16.1 Å². The van der Waals surface area contributed by atoms with Gasteiger partial charge in [0.2, 0.25) is 0 Å². The molecule has 4 rings (SSSR count). The minimum absolute atomic E-state index is 0.0296. The summed E-state index contributed by atoms with van der Waals surface area (Å²) in [6, 6.07) is 10.2. The molecule has 0 spiro atoms. The average Bonchev–Trinajstić information content (AvgIpc) is 3.41. The van der Waals surface area contributed by atoms with Crippen molar-refractivity contribution in [3.05, 3.63) is 59.2 Å². The second kappa shape index (κ2) is 7.26. The van der Waals surface area contributed by atoms with Crippen LogP contribution >= 0.6 is 11.3 Å². The molecule has 138 valence electrons. The lowest BCUT2D eigenvalue weighted by molar-refractivity contribution is 0.0918. The van der Waals surface area contributed by atoms with Crippen molar-refractivity contribution in [3.63, 3.8) is 0 Å². The standard InChI is InChI=1S/C19H18N4O3S/c24-10-12(9-11-3-1-7-20-11)21-19(26)13-5-6-14(25)17-16(13)22-18(23-17)15-4-2-8-27-15/h1-8,12,20,24-25H,9-10H2,(H,21,26)(H,22,23). The molecule has 27 heavy (non-hydrogen) atoms. The number of phenols is 1. The first-order valence-corrected chi connectivity index (χ1v) is 9.33. The number of phenolic OH excluding ortho intramolecular Hbond substituents is 1. The van der Waals surface area contributed by atoms with Gasteiger partial charge in [0.1, 0.15) is 22.6 Å². The fourth-order valence-corrected chi connectivity index (χ4v) is 3.64. The zero-order valence-electron chi connectivity index (χ0n) is 14.3. The number of nitrogens with one attached hydrogen (secondary N) is 3. The van der Waals surface area contributed by atoms with Gasteiger partial charge < -0.3 is 25.5 Å². The Morgan fingerprint density at radius 1 is 1.26 bits per heavy atom. The molecule has 1 amide bonds. The van der Waals surface area contributed by atoms with E-state index in [1.165, 1.54) is 23.5 Å². The van der Waals surface area contributed by atoms with Gasteiger partial charge in [0.15, 0.2) is 0 Å². The minimum atomic E-state index is -0.435. The van der Waals surface area contributed by atoms with Crippen LogP contribution in [0.4, 0.5) is 0 Å². The van der Waals surface area contributed by atoms with Crippen molar-refractivity contribution in [1.29, 1.82) is 0 Å². The van der Waals surface area contributed by atoms with Crippen molar-refractivity contribution in [3.8, 4) is 16.5 Å². The molecular formula is C19H18N4O3S. The fourth-order valence-electron chi connectivity index (χ4n) is 2.98. The summed E-state index contributed by atoms with van der Waals surface area (Å²) in [6.45, 7) is -0.188. The number of aromatic hydroxyl groups is 1. The summed E-state index contributed by atoms with van der Waals surface area (Å²) in [5.74, 6) is 0.275. The number of benzene rings is 1. The van der Waals surface area contributed by atoms with Crippen LogP contribution in [0.25, 0.3) is 21.7 Å². The Morgan fingerprint density at radius 2 is 2.15 bits per heavy atom. The summed E-state index contributed by atoms with van der Waals surface area (Å²) < 4.78 is 0. The van der Waals surface area contributed by atoms with Crippen LogP contribution < -0.4 is 5.32 Å². The van der Waals surface area contributed by atoms with Crippen LogP contribution in [-0.4, -0.2) is 43.7 Å². The van der Waals surface area contributed by atoms with Gasteiger partial charge in [0.25, 0.3) is 5.91 Å². The lowest BCUT2D eigenvalue weighted by atomic mass is 10.1. The van der Waals surface area contributed by atoms with Crippen molar-refractivity contribution in [2.24, 2.45) is 0 Å². The van der Waals surface area contributed by atoms with Crippen LogP contribution in [-0.2, 0) is 6.42 Å². The van der Waals surface area contributed by atoms with Gasteiger partial charge in [0, 0.05) is 18.3 Å². The van der Waals surface area contributed by atoms with E-state index in [0.717, 1.165) is 10.6 Å². The molecule has 0 aliphatic carbocycles. The van der Waals surface area contributed by atoms with E-state index in [4.69, 9.17) is 0 Å².